The number of anilines is 1. The van der Waals surface area contributed by atoms with Crippen molar-refractivity contribution in [3.05, 3.63) is 108 Å². The van der Waals surface area contributed by atoms with E-state index in [0.717, 1.165) is 18.2 Å². The maximum atomic E-state index is 15.1. The first kappa shape index (κ1) is 26.9. The number of rotatable bonds is 6. The lowest BCUT2D eigenvalue weighted by Crippen LogP contribution is -2.44. The van der Waals surface area contributed by atoms with Gasteiger partial charge in [-0.2, -0.15) is 8.78 Å². The van der Waals surface area contributed by atoms with Crippen molar-refractivity contribution < 1.29 is 35.5 Å². The summed E-state index contributed by atoms with van der Waals surface area (Å²) in [4.78, 5) is 0. The Hall–Kier alpha value is -4.27. The van der Waals surface area contributed by atoms with E-state index in [1.165, 1.54) is 54.6 Å². The minimum Gasteiger partial charge on any atom is -0.432 e. The summed E-state index contributed by atoms with van der Waals surface area (Å²) >= 11 is 0. The summed E-state index contributed by atoms with van der Waals surface area (Å²) < 4.78 is 107. The van der Waals surface area contributed by atoms with Crippen LogP contribution in [0.3, 0.4) is 0 Å². The van der Waals surface area contributed by atoms with E-state index in [9.17, 15) is 17.6 Å². The number of ether oxygens (including phenoxy) is 1. The smallest absolute Gasteiger partial charge is 0.410 e. The highest BCUT2D eigenvalue weighted by Crippen LogP contribution is 2.61. The number of nitrogen functional groups attached to an aromatic ring is 1. The van der Waals surface area contributed by atoms with E-state index in [0.29, 0.717) is 17.5 Å². The summed E-state index contributed by atoms with van der Waals surface area (Å²) in [6.45, 7) is 0. The number of nitrogens with two attached hydrogens (primary N) is 1. The van der Waals surface area contributed by atoms with Gasteiger partial charge in [-0.25, -0.2) is 22.0 Å². The topological polar surface area (TPSA) is 35.2 Å². The second-order valence-corrected chi connectivity index (χ2v) is 10.5. The number of alkyl halides is 2. The van der Waals surface area contributed by atoms with Crippen LogP contribution in [0.4, 0.5) is 36.4 Å². The zero-order valence-corrected chi connectivity index (χ0v) is 21.3. The molecule has 0 radical (unpaired) electrons. The second kappa shape index (κ2) is 9.68. The fourth-order valence-corrected chi connectivity index (χ4v) is 5.76. The Labute approximate surface area is 230 Å². The van der Waals surface area contributed by atoms with E-state index in [1.807, 2.05) is 0 Å². The molecule has 4 aromatic carbocycles. The molecule has 0 spiro atoms. The maximum Gasteiger partial charge on any atom is 0.410 e. The summed E-state index contributed by atoms with van der Waals surface area (Å²) in [5.41, 5.74) is 3.72. The van der Waals surface area contributed by atoms with E-state index in [4.69, 9.17) is 10.5 Å². The van der Waals surface area contributed by atoms with Crippen molar-refractivity contribution in [2.45, 2.75) is 25.4 Å². The van der Waals surface area contributed by atoms with Gasteiger partial charge >= 0.3 is 6.11 Å². The minimum absolute atomic E-state index is 0.0145. The summed E-state index contributed by atoms with van der Waals surface area (Å²) in [7, 11) is 0. The van der Waals surface area contributed by atoms with Crippen LogP contribution in [0.5, 0.6) is 5.75 Å². The fraction of sp³-hybridized carbons (Fsp3) is 0.188. The van der Waals surface area contributed by atoms with Crippen molar-refractivity contribution in [2.75, 3.05) is 5.73 Å². The molecule has 210 valence electrons. The van der Waals surface area contributed by atoms with Gasteiger partial charge in [0.15, 0.2) is 0 Å². The van der Waals surface area contributed by atoms with Crippen LogP contribution in [0.25, 0.3) is 33.4 Å². The predicted octanol–water partition coefficient (Wildman–Crippen LogP) is 9.45. The quantitative estimate of drug-likeness (QED) is 0.185. The molecule has 1 unspecified atom stereocenters. The summed E-state index contributed by atoms with van der Waals surface area (Å²) in [6.07, 6.45) is -1.95. The first-order valence-corrected chi connectivity index (χ1v) is 12.9. The Balaban J connectivity index is 1.21. The van der Waals surface area contributed by atoms with Crippen LogP contribution in [0, 0.1) is 34.6 Å². The van der Waals surface area contributed by atoms with Crippen molar-refractivity contribution >= 4 is 5.69 Å². The molecule has 2 N–H and O–H groups in total. The number of allylic oxidation sites excluding steroid dienone is 1. The van der Waals surface area contributed by atoms with Crippen LogP contribution in [0.1, 0.15) is 19.3 Å². The Bertz CT molecular complexity index is 1680. The third-order valence-corrected chi connectivity index (χ3v) is 8.02. The van der Waals surface area contributed by atoms with E-state index in [2.05, 4.69) is 0 Å². The summed E-state index contributed by atoms with van der Waals surface area (Å²) in [5, 5.41) is 0. The van der Waals surface area contributed by atoms with Crippen molar-refractivity contribution in [3.63, 3.8) is 0 Å². The molecule has 2 aliphatic carbocycles. The van der Waals surface area contributed by atoms with Crippen LogP contribution in [-0.2, 0) is 0 Å². The van der Waals surface area contributed by atoms with Gasteiger partial charge in [0.25, 0.3) is 0 Å². The molecule has 9 heteroatoms. The third kappa shape index (κ3) is 4.53. The number of benzene rings is 4. The monoisotopic (exact) mass is 569 g/mol. The molecule has 0 saturated heterocycles. The van der Waals surface area contributed by atoms with Crippen molar-refractivity contribution in [1.29, 1.82) is 0 Å². The van der Waals surface area contributed by atoms with E-state index < -0.39 is 46.3 Å². The van der Waals surface area contributed by atoms with Gasteiger partial charge in [0.05, 0.1) is 0 Å². The maximum absolute atomic E-state index is 15.1. The molecule has 1 fully saturated rings. The average Bonchev–Trinajstić information content (AvgIpc) is 3.51. The molecule has 0 aromatic heterocycles. The normalized spacial score (nSPS) is 19.9. The molecule has 2 nitrogen and oxygen atoms in total. The van der Waals surface area contributed by atoms with Crippen LogP contribution < -0.4 is 10.5 Å². The van der Waals surface area contributed by atoms with Gasteiger partial charge < -0.3 is 10.5 Å². The first-order chi connectivity index (χ1) is 19.5. The Morgan fingerprint density at radius 1 is 0.683 bits per heavy atom. The number of hydrogen-bond acceptors (Lipinski definition) is 2. The molecule has 2 bridgehead atoms. The Morgan fingerprint density at radius 2 is 1.22 bits per heavy atom. The van der Waals surface area contributed by atoms with E-state index in [-0.39, 0.29) is 46.8 Å². The third-order valence-electron chi connectivity index (χ3n) is 8.02. The van der Waals surface area contributed by atoms with Gasteiger partial charge in [-0.15, -0.1) is 0 Å². The van der Waals surface area contributed by atoms with Crippen LogP contribution >= 0.6 is 0 Å². The lowest BCUT2D eigenvalue weighted by atomic mass is 9.85. The largest absolute Gasteiger partial charge is 0.432 e. The van der Waals surface area contributed by atoms with E-state index >= 15 is 13.2 Å². The highest BCUT2D eigenvalue weighted by atomic mass is 19.3. The SMILES string of the molecule is Nc1c(F)cc(-c2ccc(-c3ccc(-c4ccc(OC(F)(F)[C@@]56CCC(C=C5F)C6)cc4)cc3F)cc2F)cc1F. The highest BCUT2D eigenvalue weighted by Gasteiger charge is 2.65. The molecule has 0 heterocycles. The highest BCUT2D eigenvalue weighted by molar-refractivity contribution is 5.75. The molecule has 1 saturated carbocycles. The Morgan fingerprint density at radius 3 is 1.78 bits per heavy atom. The fourth-order valence-electron chi connectivity index (χ4n) is 5.76. The van der Waals surface area contributed by atoms with Gasteiger partial charge in [0.2, 0.25) is 0 Å². The summed E-state index contributed by atoms with van der Waals surface area (Å²) in [6, 6.07) is 15.4. The number of fused-ring (bicyclic) bond motifs is 2. The molecule has 2 aliphatic rings. The lowest BCUT2D eigenvalue weighted by molar-refractivity contribution is -0.248. The van der Waals surface area contributed by atoms with Gasteiger partial charge in [-0.1, -0.05) is 36.4 Å². The van der Waals surface area contributed by atoms with Gasteiger partial charge in [0.1, 0.15) is 45.9 Å². The number of halogens is 7. The average molecular weight is 570 g/mol. The molecular formula is C32H22F7NO. The second-order valence-electron chi connectivity index (χ2n) is 10.5. The van der Waals surface area contributed by atoms with Gasteiger partial charge in [0, 0.05) is 11.1 Å². The molecule has 2 atom stereocenters. The Kier molecular flexibility index (Phi) is 6.36. The van der Waals surface area contributed by atoms with Crippen LogP contribution in [0.2, 0.25) is 0 Å². The molecule has 0 amide bonds. The minimum atomic E-state index is -3.73. The van der Waals surface area contributed by atoms with Crippen LogP contribution in [0.15, 0.2) is 84.7 Å². The molecule has 4 aromatic rings. The van der Waals surface area contributed by atoms with Gasteiger partial charge in [-0.05, 0) is 89.9 Å². The zero-order chi connectivity index (χ0) is 29.1. The van der Waals surface area contributed by atoms with Crippen molar-refractivity contribution in [2.24, 2.45) is 11.3 Å². The number of hydrogen-bond donors (Lipinski definition) is 1. The van der Waals surface area contributed by atoms with Crippen LogP contribution in [-0.4, -0.2) is 6.11 Å². The molecular weight excluding hydrogens is 547 g/mol. The molecule has 0 aliphatic heterocycles. The molecule has 6 rings (SSSR count). The first-order valence-electron chi connectivity index (χ1n) is 12.9. The van der Waals surface area contributed by atoms with Gasteiger partial charge in [-0.3, -0.25) is 0 Å². The zero-order valence-electron chi connectivity index (χ0n) is 21.3. The standard InChI is InChI=1S/C32H22F7NO/c33-25-12-19(18-1-5-22(6-2-18)41-32(38,39)31-10-9-17(16-31)11-29(31)37)3-7-23(25)20-4-8-24(26(34)13-20)21-14-27(35)30(40)28(36)15-21/h1-8,11-15,17H,9-10,16,40H2/t17?,31-/m1/s1. The summed E-state index contributed by atoms with van der Waals surface area (Å²) in [5.74, 6) is -4.71. The van der Waals surface area contributed by atoms with Crippen molar-refractivity contribution in [3.8, 4) is 39.1 Å². The lowest BCUT2D eigenvalue weighted by Gasteiger charge is -2.34. The van der Waals surface area contributed by atoms with E-state index in [1.54, 1.807) is 6.07 Å². The van der Waals surface area contributed by atoms with Crippen molar-refractivity contribution in [1.82, 2.24) is 0 Å². The predicted molar refractivity (Wildman–Crippen MR) is 142 cm³/mol. The molecule has 41 heavy (non-hydrogen) atoms.